The van der Waals surface area contributed by atoms with Crippen LogP contribution in [-0.4, -0.2) is 10.9 Å². The van der Waals surface area contributed by atoms with Gasteiger partial charge in [-0.15, -0.1) is 0 Å². The highest BCUT2D eigenvalue weighted by Crippen LogP contribution is 2.13. The van der Waals surface area contributed by atoms with Crippen LogP contribution < -0.4 is 11.1 Å². The van der Waals surface area contributed by atoms with Gasteiger partial charge < -0.3 is 15.5 Å². The molecule has 0 spiro atoms. The fourth-order valence-corrected chi connectivity index (χ4v) is 1.60. The predicted molar refractivity (Wildman–Crippen MR) is 73.7 cm³/mol. The van der Waals surface area contributed by atoms with Gasteiger partial charge in [0, 0.05) is 11.3 Å². The van der Waals surface area contributed by atoms with E-state index in [9.17, 15) is 4.79 Å². The summed E-state index contributed by atoms with van der Waals surface area (Å²) < 4.78 is 5.23. The van der Waals surface area contributed by atoms with Gasteiger partial charge in [0.15, 0.2) is 5.76 Å². The normalized spacial score (nSPS) is 10.1. The zero-order valence-electron chi connectivity index (χ0n) is 9.77. The first-order valence-corrected chi connectivity index (χ1v) is 5.75. The number of aryl methyl sites for hydroxylation is 1. The minimum Gasteiger partial charge on any atom is -0.456 e. The van der Waals surface area contributed by atoms with E-state index in [-0.39, 0.29) is 11.7 Å². The molecule has 0 bridgehead atoms. The minimum absolute atomic E-state index is 0.283. The molecule has 5 heteroatoms. The molecule has 0 fully saturated rings. The van der Waals surface area contributed by atoms with Crippen LogP contribution in [0.1, 0.15) is 21.9 Å². The lowest BCUT2D eigenvalue weighted by Crippen LogP contribution is -2.12. The number of benzene rings is 1. The highest BCUT2D eigenvalue weighted by Gasteiger charge is 2.09. The van der Waals surface area contributed by atoms with Crippen molar-refractivity contribution in [1.29, 1.82) is 0 Å². The Bertz CT molecular complexity index is 587. The molecule has 0 radical (unpaired) electrons. The summed E-state index contributed by atoms with van der Waals surface area (Å²) in [4.78, 5) is 12.1. The molecule has 0 aliphatic rings. The van der Waals surface area contributed by atoms with E-state index in [0.717, 1.165) is 5.56 Å². The molecule has 4 nitrogen and oxygen atoms in total. The highest BCUT2D eigenvalue weighted by molar-refractivity contribution is 7.80. The highest BCUT2D eigenvalue weighted by atomic mass is 32.1. The van der Waals surface area contributed by atoms with Crippen LogP contribution in [0.4, 0.5) is 5.69 Å². The number of carbonyl (C=O) groups is 1. The summed E-state index contributed by atoms with van der Waals surface area (Å²) in [6.45, 7) is 1.79. The Morgan fingerprint density at radius 2 is 1.89 bits per heavy atom. The number of rotatable bonds is 3. The molecule has 1 heterocycles. The minimum atomic E-state index is -0.286. The molecule has 18 heavy (non-hydrogen) atoms. The van der Waals surface area contributed by atoms with Crippen LogP contribution in [0, 0.1) is 6.92 Å². The van der Waals surface area contributed by atoms with Gasteiger partial charge in [0.05, 0.1) is 0 Å². The van der Waals surface area contributed by atoms with Crippen molar-refractivity contribution in [2.45, 2.75) is 6.92 Å². The first kappa shape index (κ1) is 12.3. The van der Waals surface area contributed by atoms with Crippen molar-refractivity contribution in [2.24, 2.45) is 5.73 Å². The van der Waals surface area contributed by atoms with Crippen molar-refractivity contribution < 1.29 is 9.21 Å². The number of nitrogens with two attached hydrogens (primary N) is 1. The summed E-state index contributed by atoms with van der Waals surface area (Å²) in [6, 6.07) is 10.4. The van der Waals surface area contributed by atoms with Crippen molar-refractivity contribution in [3.05, 3.63) is 53.5 Å². The number of furan rings is 1. The SMILES string of the molecule is Cc1ccc(C(=O)Nc2ccc(C(N)=S)cc2)o1. The van der Waals surface area contributed by atoms with Gasteiger partial charge in [-0.25, -0.2) is 0 Å². The van der Waals surface area contributed by atoms with Crippen LogP contribution in [0.25, 0.3) is 0 Å². The molecule has 0 aliphatic heterocycles. The molecule has 0 saturated carbocycles. The first-order chi connectivity index (χ1) is 8.56. The molecule has 2 aromatic rings. The van der Waals surface area contributed by atoms with E-state index in [4.69, 9.17) is 22.4 Å². The summed E-state index contributed by atoms with van der Waals surface area (Å²) in [7, 11) is 0. The number of hydrogen-bond donors (Lipinski definition) is 2. The van der Waals surface area contributed by atoms with Gasteiger partial charge in [-0.1, -0.05) is 12.2 Å². The third-order valence-corrected chi connectivity index (χ3v) is 2.63. The molecule has 1 aromatic carbocycles. The molecule has 0 aliphatic carbocycles. The summed E-state index contributed by atoms with van der Waals surface area (Å²) in [6.07, 6.45) is 0. The largest absolute Gasteiger partial charge is 0.456 e. The van der Waals surface area contributed by atoms with Crippen molar-refractivity contribution in [3.63, 3.8) is 0 Å². The zero-order valence-corrected chi connectivity index (χ0v) is 10.6. The van der Waals surface area contributed by atoms with Crippen molar-refractivity contribution in [2.75, 3.05) is 5.32 Å². The van der Waals surface area contributed by atoms with Gasteiger partial charge in [0.2, 0.25) is 0 Å². The predicted octanol–water partition coefficient (Wildman–Crippen LogP) is 2.47. The lowest BCUT2D eigenvalue weighted by molar-refractivity contribution is 0.0995. The Hall–Kier alpha value is -2.14. The van der Waals surface area contributed by atoms with Gasteiger partial charge in [-0.2, -0.15) is 0 Å². The average molecular weight is 260 g/mol. The van der Waals surface area contributed by atoms with E-state index >= 15 is 0 Å². The van der Waals surface area contributed by atoms with Gasteiger partial charge >= 0.3 is 0 Å². The summed E-state index contributed by atoms with van der Waals surface area (Å²) in [5.74, 6) is 0.695. The van der Waals surface area contributed by atoms with Crippen LogP contribution in [0.5, 0.6) is 0 Å². The van der Waals surface area contributed by atoms with Gasteiger partial charge in [0.1, 0.15) is 10.7 Å². The lowest BCUT2D eigenvalue weighted by atomic mass is 10.2. The number of thiocarbonyl (C=S) groups is 1. The van der Waals surface area contributed by atoms with E-state index in [2.05, 4.69) is 5.32 Å². The third-order valence-electron chi connectivity index (χ3n) is 2.39. The van der Waals surface area contributed by atoms with Crippen LogP contribution in [-0.2, 0) is 0 Å². The number of carbonyl (C=O) groups excluding carboxylic acids is 1. The molecule has 92 valence electrons. The van der Waals surface area contributed by atoms with Crippen LogP contribution in [0.2, 0.25) is 0 Å². The first-order valence-electron chi connectivity index (χ1n) is 5.34. The van der Waals surface area contributed by atoms with Gasteiger partial charge in [-0.05, 0) is 43.3 Å². The molecule has 3 N–H and O–H groups in total. The third kappa shape index (κ3) is 2.75. The van der Waals surface area contributed by atoms with E-state index < -0.39 is 0 Å². The lowest BCUT2D eigenvalue weighted by Gasteiger charge is -2.04. The topological polar surface area (TPSA) is 68.3 Å². The molecule has 0 atom stereocenters. The molecule has 0 saturated heterocycles. The van der Waals surface area contributed by atoms with Gasteiger partial charge in [-0.3, -0.25) is 4.79 Å². The Kier molecular flexibility index (Phi) is 3.43. The van der Waals surface area contributed by atoms with Crippen LogP contribution in [0.15, 0.2) is 40.8 Å². The number of amides is 1. The van der Waals surface area contributed by atoms with E-state index in [1.165, 1.54) is 0 Å². The molecular formula is C13H12N2O2S. The second kappa shape index (κ2) is 5.01. The van der Waals surface area contributed by atoms with E-state index in [1.54, 1.807) is 43.3 Å². The Morgan fingerprint density at radius 3 is 2.39 bits per heavy atom. The van der Waals surface area contributed by atoms with Crippen molar-refractivity contribution >= 4 is 28.8 Å². The quantitative estimate of drug-likeness (QED) is 0.832. The van der Waals surface area contributed by atoms with Crippen molar-refractivity contribution in [1.82, 2.24) is 0 Å². The maximum Gasteiger partial charge on any atom is 0.291 e. The maximum absolute atomic E-state index is 11.8. The number of nitrogens with one attached hydrogen (secondary N) is 1. The van der Waals surface area contributed by atoms with E-state index in [1.807, 2.05) is 0 Å². The van der Waals surface area contributed by atoms with E-state index in [0.29, 0.717) is 16.4 Å². The summed E-state index contributed by atoms with van der Waals surface area (Å²) >= 11 is 4.85. The fourth-order valence-electron chi connectivity index (χ4n) is 1.47. The Morgan fingerprint density at radius 1 is 1.22 bits per heavy atom. The van der Waals surface area contributed by atoms with Gasteiger partial charge in [0.25, 0.3) is 5.91 Å². The Labute approximate surface area is 110 Å². The molecule has 1 aromatic heterocycles. The molecule has 0 unspecified atom stereocenters. The van der Waals surface area contributed by atoms with Crippen molar-refractivity contribution in [3.8, 4) is 0 Å². The van der Waals surface area contributed by atoms with Crippen LogP contribution in [0.3, 0.4) is 0 Å². The number of hydrogen-bond acceptors (Lipinski definition) is 3. The molecule has 1 amide bonds. The second-order valence-electron chi connectivity index (χ2n) is 3.81. The molecule has 2 rings (SSSR count). The molecular weight excluding hydrogens is 248 g/mol. The monoisotopic (exact) mass is 260 g/mol. The summed E-state index contributed by atoms with van der Waals surface area (Å²) in [5, 5.41) is 2.72. The standard InChI is InChI=1S/C13H12N2O2S/c1-8-2-7-11(17-8)13(16)15-10-5-3-9(4-6-10)12(14)18/h2-7H,1H3,(H2,14,18)(H,15,16). The zero-order chi connectivity index (χ0) is 13.1. The Balaban J connectivity index is 2.10. The maximum atomic E-state index is 11.8. The second-order valence-corrected chi connectivity index (χ2v) is 4.25. The smallest absolute Gasteiger partial charge is 0.291 e. The fraction of sp³-hybridized carbons (Fsp3) is 0.0769. The average Bonchev–Trinajstić information content (AvgIpc) is 2.76. The van der Waals surface area contributed by atoms with Crippen LogP contribution >= 0.6 is 12.2 Å². The number of anilines is 1. The summed E-state index contributed by atoms with van der Waals surface area (Å²) in [5.41, 5.74) is 6.91.